The van der Waals surface area contributed by atoms with E-state index in [2.05, 4.69) is 20.9 Å². The minimum Gasteiger partial charge on any atom is -0.353 e. The maximum Gasteiger partial charge on any atom is 0.416 e. The number of nitrogens with zero attached hydrogens (tertiary/aromatic N) is 1. The molecule has 9 heteroatoms. The van der Waals surface area contributed by atoms with Crippen molar-refractivity contribution in [3.05, 3.63) is 47.3 Å². The molecule has 1 aliphatic heterocycles. The van der Waals surface area contributed by atoms with Gasteiger partial charge in [0.25, 0.3) is 5.91 Å². The highest BCUT2D eigenvalue weighted by atomic mass is 19.4. The van der Waals surface area contributed by atoms with Crippen LogP contribution in [0.5, 0.6) is 0 Å². The molecular weight excluding hydrogens is 337 g/mol. The van der Waals surface area contributed by atoms with Gasteiger partial charge in [-0.3, -0.25) is 14.6 Å². The van der Waals surface area contributed by atoms with Gasteiger partial charge in [0.2, 0.25) is 11.6 Å². The number of carbonyl (C=O) groups excluding carboxylic acids is 2. The molecule has 6 nitrogen and oxygen atoms in total. The molecule has 0 spiro atoms. The van der Waals surface area contributed by atoms with Crippen molar-refractivity contribution < 1.29 is 22.8 Å². The largest absolute Gasteiger partial charge is 0.416 e. The average Bonchev–Trinajstić information content (AvgIpc) is 2.51. The zero-order valence-corrected chi connectivity index (χ0v) is 13.6. The molecular formula is C16H17F3N4O2. The fourth-order valence-electron chi connectivity index (χ4n) is 2.33. The van der Waals surface area contributed by atoms with E-state index in [4.69, 9.17) is 0 Å². The van der Waals surface area contributed by atoms with Crippen LogP contribution in [-0.2, 0) is 22.3 Å². The van der Waals surface area contributed by atoms with E-state index in [1.165, 1.54) is 31.5 Å². The number of nitrogens with one attached hydrogen (secondary N) is 3. The number of hydrogen-bond donors (Lipinski definition) is 3. The fourth-order valence-corrected chi connectivity index (χ4v) is 2.33. The Balaban J connectivity index is 2.13. The molecule has 2 amide bonds. The molecule has 3 N–H and O–H groups in total. The van der Waals surface area contributed by atoms with Gasteiger partial charge in [-0.2, -0.15) is 13.2 Å². The molecule has 0 saturated heterocycles. The Bertz CT molecular complexity index is 739. The fraction of sp³-hybridized carbons (Fsp3) is 0.312. The van der Waals surface area contributed by atoms with Gasteiger partial charge in [0.15, 0.2) is 0 Å². The summed E-state index contributed by atoms with van der Waals surface area (Å²) in [6, 6.07) is 4.64. The third kappa shape index (κ3) is 4.59. The van der Waals surface area contributed by atoms with Gasteiger partial charge >= 0.3 is 6.18 Å². The lowest BCUT2D eigenvalue weighted by Gasteiger charge is -2.33. The van der Waals surface area contributed by atoms with Gasteiger partial charge in [-0.05, 0) is 24.6 Å². The summed E-state index contributed by atoms with van der Waals surface area (Å²) in [5, 5.41) is 7.80. The number of hydrogen-bond acceptors (Lipinski definition) is 4. The molecule has 134 valence electrons. The lowest BCUT2D eigenvalue weighted by Crippen LogP contribution is -2.68. The molecule has 0 aliphatic carbocycles. The average molecular weight is 354 g/mol. The van der Waals surface area contributed by atoms with Gasteiger partial charge in [0.05, 0.1) is 11.8 Å². The van der Waals surface area contributed by atoms with Gasteiger partial charge < -0.3 is 16.0 Å². The standard InChI is InChI=1S/C16H17F3N4O2/c1-10-7-20-9-15(22-10,23-11(2)24)14(25)21-8-12-4-3-5-13(6-12)16(17,18)19/h3-7,9,22H,8H2,1-2H3,(H,21,25)(H,23,24). The number of halogens is 3. The molecule has 1 aromatic rings. The molecule has 1 aromatic carbocycles. The van der Waals surface area contributed by atoms with Crippen LogP contribution in [0.15, 0.2) is 41.2 Å². The van der Waals surface area contributed by atoms with E-state index in [9.17, 15) is 22.8 Å². The topological polar surface area (TPSA) is 82.6 Å². The van der Waals surface area contributed by atoms with Gasteiger partial charge in [0.1, 0.15) is 0 Å². The first-order chi connectivity index (χ1) is 11.6. The molecule has 0 aromatic heterocycles. The quantitative estimate of drug-likeness (QED) is 0.770. The molecule has 25 heavy (non-hydrogen) atoms. The number of allylic oxidation sites excluding steroid dienone is 1. The number of rotatable bonds is 4. The van der Waals surface area contributed by atoms with E-state index < -0.39 is 29.2 Å². The number of benzene rings is 1. The van der Waals surface area contributed by atoms with Crippen LogP contribution >= 0.6 is 0 Å². The minimum absolute atomic E-state index is 0.137. The normalized spacial score (nSPS) is 19.6. The molecule has 1 aliphatic rings. The van der Waals surface area contributed by atoms with Crippen LogP contribution in [0.25, 0.3) is 0 Å². The lowest BCUT2D eigenvalue weighted by atomic mass is 10.1. The summed E-state index contributed by atoms with van der Waals surface area (Å²) in [7, 11) is 0. The Morgan fingerprint density at radius 3 is 2.64 bits per heavy atom. The van der Waals surface area contributed by atoms with Crippen LogP contribution in [-0.4, -0.2) is 23.7 Å². The Morgan fingerprint density at radius 1 is 1.32 bits per heavy atom. The highest BCUT2D eigenvalue weighted by Crippen LogP contribution is 2.29. The molecule has 2 rings (SSSR count). The molecule has 0 saturated carbocycles. The predicted molar refractivity (Wildman–Crippen MR) is 85.2 cm³/mol. The van der Waals surface area contributed by atoms with Crippen molar-refractivity contribution in [3.63, 3.8) is 0 Å². The van der Waals surface area contributed by atoms with E-state index >= 15 is 0 Å². The third-order valence-corrected chi connectivity index (χ3v) is 3.37. The third-order valence-electron chi connectivity index (χ3n) is 3.37. The summed E-state index contributed by atoms with van der Waals surface area (Å²) < 4.78 is 38.2. The Hall–Kier alpha value is -2.84. The van der Waals surface area contributed by atoms with Crippen LogP contribution < -0.4 is 16.0 Å². The molecule has 1 atom stereocenters. The van der Waals surface area contributed by atoms with Crippen molar-refractivity contribution in [1.29, 1.82) is 0 Å². The van der Waals surface area contributed by atoms with E-state index in [0.717, 1.165) is 12.1 Å². The van der Waals surface area contributed by atoms with E-state index in [1.807, 2.05) is 0 Å². The second-order valence-electron chi connectivity index (χ2n) is 5.59. The SMILES string of the molecule is CC(=O)NC1(C(=O)NCc2cccc(C(F)(F)F)c2)C=NC=C(C)N1. The number of amides is 2. The molecule has 1 heterocycles. The molecule has 0 fully saturated rings. The predicted octanol–water partition coefficient (Wildman–Crippen LogP) is 1.69. The van der Waals surface area contributed by atoms with Crippen LogP contribution in [0.3, 0.4) is 0 Å². The van der Waals surface area contributed by atoms with Crippen molar-refractivity contribution in [2.75, 3.05) is 0 Å². The van der Waals surface area contributed by atoms with E-state index in [0.29, 0.717) is 5.70 Å². The summed E-state index contributed by atoms with van der Waals surface area (Å²) in [6.45, 7) is 2.76. The zero-order valence-electron chi connectivity index (χ0n) is 13.6. The highest BCUT2D eigenvalue weighted by molar-refractivity contribution is 6.06. The maximum atomic E-state index is 12.7. The Kier molecular flexibility index (Phi) is 5.15. The molecule has 0 bridgehead atoms. The summed E-state index contributed by atoms with van der Waals surface area (Å²) >= 11 is 0. The van der Waals surface area contributed by atoms with Crippen molar-refractivity contribution in [1.82, 2.24) is 16.0 Å². The Morgan fingerprint density at radius 2 is 2.04 bits per heavy atom. The van der Waals surface area contributed by atoms with Crippen molar-refractivity contribution in [3.8, 4) is 0 Å². The van der Waals surface area contributed by atoms with Crippen molar-refractivity contribution in [2.45, 2.75) is 32.2 Å². The van der Waals surface area contributed by atoms with Crippen molar-refractivity contribution >= 4 is 18.0 Å². The molecule has 1 unspecified atom stereocenters. The lowest BCUT2D eigenvalue weighted by molar-refractivity contribution is -0.137. The van der Waals surface area contributed by atoms with Crippen LogP contribution in [0.4, 0.5) is 13.2 Å². The molecule has 0 radical (unpaired) electrons. The number of alkyl halides is 3. The minimum atomic E-state index is -4.46. The zero-order chi connectivity index (χ0) is 18.7. The first kappa shape index (κ1) is 18.5. The number of carbonyl (C=O) groups is 2. The van der Waals surface area contributed by atoms with Gasteiger partial charge in [-0.15, -0.1) is 0 Å². The summed E-state index contributed by atoms with van der Waals surface area (Å²) in [6.07, 6.45) is -1.76. The number of aliphatic imine (C=N–C) groups is 1. The highest BCUT2D eigenvalue weighted by Gasteiger charge is 2.39. The van der Waals surface area contributed by atoms with Gasteiger partial charge in [0, 0.05) is 25.4 Å². The smallest absolute Gasteiger partial charge is 0.353 e. The summed E-state index contributed by atoms with van der Waals surface area (Å²) in [5.41, 5.74) is -1.56. The van der Waals surface area contributed by atoms with E-state index in [1.54, 1.807) is 6.92 Å². The first-order valence-electron chi connectivity index (χ1n) is 7.35. The monoisotopic (exact) mass is 354 g/mol. The Labute approximate surface area is 142 Å². The van der Waals surface area contributed by atoms with Gasteiger partial charge in [-0.25, -0.2) is 0 Å². The summed E-state index contributed by atoms with van der Waals surface area (Å²) in [5.74, 6) is -1.11. The van der Waals surface area contributed by atoms with Gasteiger partial charge in [-0.1, -0.05) is 12.1 Å². The second-order valence-corrected chi connectivity index (χ2v) is 5.59. The van der Waals surface area contributed by atoms with Crippen molar-refractivity contribution in [2.24, 2.45) is 4.99 Å². The summed E-state index contributed by atoms with van der Waals surface area (Å²) in [4.78, 5) is 27.9. The van der Waals surface area contributed by atoms with Crippen LogP contribution in [0.2, 0.25) is 0 Å². The van der Waals surface area contributed by atoms with Crippen LogP contribution in [0.1, 0.15) is 25.0 Å². The second kappa shape index (κ2) is 6.96. The maximum absolute atomic E-state index is 12.7. The van der Waals surface area contributed by atoms with E-state index in [-0.39, 0.29) is 12.1 Å². The van der Waals surface area contributed by atoms with Crippen LogP contribution in [0, 0.1) is 0 Å². The first-order valence-corrected chi connectivity index (χ1v) is 7.35.